The van der Waals surface area contributed by atoms with Crippen molar-refractivity contribution in [1.29, 1.82) is 0 Å². The third-order valence-corrected chi connectivity index (χ3v) is 11.4. The molecule has 2 saturated carbocycles. The Bertz CT molecular complexity index is 1970. The number of aryl methyl sites for hydroxylation is 1. The fourth-order valence-corrected chi connectivity index (χ4v) is 8.33. The van der Waals surface area contributed by atoms with Gasteiger partial charge in [-0.2, -0.15) is 0 Å². The first kappa shape index (κ1) is 39.8. The lowest BCUT2D eigenvalue weighted by Gasteiger charge is -2.35. The van der Waals surface area contributed by atoms with Crippen molar-refractivity contribution in [3.05, 3.63) is 41.8 Å². The molecule has 2 aromatic heterocycles. The third-order valence-electron chi connectivity index (χ3n) is 10.6. The van der Waals surface area contributed by atoms with Crippen molar-refractivity contribution >= 4 is 51.2 Å². The lowest BCUT2D eigenvalue weighted by atomic mass is 9.85. The molecular formula is C40H52N6O8S. The van der Waals surface area contributed by atoms with Crippen molar-refractivity contribution in [3.8, 4) is 22.9 Å². The van der Waals surface area contributed by atoms with Crippen LogP contribution >= 0.6 is 11.3 Å². The summed E-state index contributed by atoms with van der Waals surface area (Å²) < 4.78 is 18.0. The number of thiazole rings is 1. The van der Waals surface area contributed by atoms with Gasteiger partial charge in [0.1, 0.15) is 47.0 Å². The molecule has 1 saturated heterocycles. The number of hydrogen-bond donors (Lipinski definition) is 4. The Morgan fingerprint density at radius 2 is 1.80 bits per heavy atom. The summed E-state index contributed by atoms with van der Waals surface area (Å²) in [4.78, 5) is 65.3. The Morgan fingerprint density at radius 1 is 1.07 bits per heavy atom. The molecule has 296 valence electrons. The normalized spacial score (nSPS) is 23.0. The van der Waals surface area contributed by atoms with Gasteiger partial charge in [-0.1, -0.05) is 26.8 Å². The smallest absolute Gasteiger partial charge is 0.408 e. The molecule has 3 fully saturated rings. The van der Waals surface area contributed by atoms with Crippen LogP contribution < -0.4 is 25.4 Å². The Balaban J connectivity index is 1.34. The van der Waals surface area contributed by atoms with E-state index in [0.717, 1.165) is 36.4 Å². The molecule has 5 atom stereocenters. The molecule has 3 heterocycles. The van der Waals surface area contributed by atoms with Crippen molar-refractivity contribution in [1.82, 2.24) is 25.5 Å². The van der Waals surface area contributed by atoms with Crippen molar-refractivity contribution in [2.24, 2.45) is 11.3 Å². The molecule has 3 amide bonds. The molecule has 4 N–H and O–H groups in total. The number of aromatic nitrogens is 2. The number of likely N-dealkylation sites (tertiary alicyclic amines) is 1. The molecular weight excluding hydrogens is 725 g/mol. The number of carboxylic acids is 1. The number of benzene rings is 1. The molecule has 3 aromatic rings. The second-order valence-corrected chi connectivity index (χ2v) is 17.1. The zero-order chi connectivity index (χ0) is 39.8. The Labute approximate surface area is 325 Å². The zero-order valence-corrected chi connectivity index (χ0v) is 33.4. The second kappa shape index (κ2) is 15.7. The minimum absolute atomic E-state index is 0.0126. The molecule has 0 bridgehead atoms. The Kier molecular flexibility index (Phi) is 11.3. The topological polar surface area (TPSA) is 181 Å². The maximum atomic E-state index is 14.6. The minimum atomic E-state index is -1.51. The highest BCUT2D eigenvalue weighted by atomic mass is 32.1. The maximum Gasteiger partial charge on any atom is 0.408 e. The van der Waals surface area contributed by atoms with Crippen LogP contribution in [0, 0.1) is 18.3 Å². The van der Waals surface area contributed by atoms with E-state index in [0.29, 0.717) is 33.8 Å². The molecule has 3 aliphatic rings. The van der Waals surface area contributed by atoms with E-state index in [1.54, 1.807) is 13.2 Å². The van der Waals surface area contributed by atoms with Gasteiger partial charge in [-0.15, -0.1) is 17.9 Å². The van der Waals surface area contributed by atoms with Gasteiger partial charge in [0.05, 0.1) is 24.9 Å². The van der Waals surface area contributed by atoms with E-state index in [-0.39, 0.29) is 31.5 Å². The number of carbonyl (C=O) groups excluding carboxylic acids is 3. The van der Waals surface area contributed by atoms with Crippen LogP contribution in [0.25, 0.3) is 22.3 Å². The van der Waals surface area contributed by atoms with Crippen LogP contribution in [0.4, 0.5) is 9.93 Å². The predicted molar refractivity (Wildman–Crippen MR) is 209 cm³/mol. The van der Waals surface area contributed by atoms with Gasteiger partial charge in [-0.25, -0.2) is 19.6 Å². The van der Waals surface area contributed by atoms with Gasteiger partial charge in [0, 0.05) is 41.3 Å². The average molecular weight is 777 g/mol. The standard InChI is InChI=1S/C40H52N6O8S/c1-9-23-18-40(23,36(49)50)45-34(47)30-15-25(19-46(30)35(48)33(39(5,6)7)44-38(51)54-24-12-10-11-13-24)53-32-17-28(29-20-55-37(43-29)41-21(2)3)42-27-16-31(52-8)22(4)14-26(27)32/h9,14,16-17,20-21,23-25,30,33H,1,10-13,15,18-19H2,2-8H3,(H,41,43)(H,44,51)(H,45,47)(H,49,50)/t23-,25-,30+,33-,40-/m1/s1. The second-order valence-electron chi connectivity index (χ2n) is 16.2. The summed E-state index contributed by atoms with van der Waals surface area (Å²) in [7, 11) is 1.59. The molecule has 14 nitrogen and oxygen atoms in total. The van der Waals surface area contributed by atoms with E-state index in [2.05, 4.69) is 22.5 Å². The minimum Gasteiger partial charge on any atom is -0.496 e. The highest BCUT2D eigenvalue weighted by Crippen LogP contribution is 2.45. The van der Waals surface area contributed by atoms with E-state index in [1.807, 2.05) is 59.1 Å². The van der Waals surface area contributed by atoms with Gasteiger partial charge < -0.3 is 40.2 Å². The number of fused-ring (bicyclic) bond motifs is 1. The summed E-state index contributed by atoms with van der Waals surface area (Å²) in [5, 5.41) is 22.3. The number of carboxylic acid groups (broad SMARTS) is 1. The summed E-state index contributed by atoms with van der Waals surface area (Å²) in [6, 6.07) is 3.58. The van der Waals surface area contributed by atoms with E-state index >= 15 is 0 Å². The predicted octanol–water partition coefficient (Wildman–Crippen LogP) is 6.07. The first-order valence-electron chi connectivity index (χ1n) is 18.9. The van der Waals surface area contributed by atoms with Gasteiger partial charge in [0.2, 0.25) is 11.8 Å². The number of amides is 3. The lowest BCUT2D eigenvalue weighted by molar-refractivity contribution is -0.146. The van der Waals surface area contributed by atoms with Crippen LogP contribution in [0.1, 0.15) is 78.7 Å². The van der Waals surface area contributed by atoms with E-state index in [9.17, 15) is 24.3 Å². The van der Waals surface area contributed by atoms with Crippen molar-refractivity contribution in [2.75, 3.05) is 19.0 Å². The molecule has 0 spiro atoms. The van der Waals surface area contributed by atoms with Crippen LogP contribution in [0.2, 0.25) is 0 Å². The van der Waals surface area contributed by atoms with E-state index in [1.165, 1.54) is 22.3 Å². The van der Waals surface area contributed by atoms with Crippen LogP contribution in [0.5, 0.6) is 11.5 Å². The Hall–Kier alpha value is -4.92. The van der Waals surface area contributed by atoms with Gasteiger partial charge >= 0.3 is 12.1 Å². The molecule has 1 aliphatic heterocycles. The van der Waals surface area contributed by atoms with Crippen molar-refractivity contribution in [3.63, 3.8) is 0 Å². The summed E-state index contributed by atoms with van der Waals surface area (Å²) in [5.41, 5.74) is 0.378. The van der Waals surface area contributed by atoms with Crippen LogP contribution in [0.3, 0.4) is 0 Å². The van der Waals surface area contributed by atoms with Gasteiger partial charge in [0.25, 0.3) is 0 Å². The summed E-state index contributed by atoms with van der Waals surface area (Å²) in [6.07, 6.45) is 3.63. The fourth-order valence-electron chi connectivity index (χ4n) is 7.48. The fraction of sp³-hybridized carbons (Fsp3) is 0.550. The molecule has 1 aromatic carbocycles. The zero-order valence-electron chi connectivity index (χ0n) is 32.6. The summed E-state index contributed by atoms with van der Waals surface area (Å²) in [6.45, 7) is 15.2. The highest BCUT2D eigenvalue weighted by molar-refractivity contribution is 7.14. The number of anilines is 1. The molecule has 55 heavy (non-hydrogen) atoms. The first-order chi connectivity index (χ1) is 26.0. The number of carbonyl (C=O) groups is 4. The summed E-state index contributed by atoms with van der Waals surface area (Å²) >= 11 is 1.46. The van der Waals surface area contributed by atoms with Gasteiger partial charge in [0.15, 0.2) is 5.13 Å². The maximum absolute atomic E-state index is 14.6. The number of ether oxygens (including phenoxy) is 3. The van der Waals surface area contributed by atoms with Gasteiger partial charge in [-0.3, -0.25) is 9.59 Å². The van der Waals surface area contributed by atoms with Crippen molar-refractivity contribution < 1.29 is 38.5 Å². The van der Waals surface area contributed by atoms with Crippen LogP contribution in [-0.2, 0) is 19.1 Å². The Morgan fingerprint density at radius 3 is 2.42 bits per heavy atom. The SMILES string of the molecule is C=C[C@@H]1C[C@]1(NC(=O)[C@@H]1C[C@@H](Oc2cc(-c3csc(NC(C)C)n3)nc3cc(OC)c(C)cc23)CN1C(=O)[C@@H](NC(=O)OC1CCCC1)C(C)(C)C)C(=O)O. The van der Waals surface area contributed by atoms with Crippen molar-refractivity contribution in [2.45, 2.75) is 116 Å². The largest absolute Gasteiger partial charge is 0.496 e. The number of aliphatic carboxylic acids is 1. The number of rotatable bonds is 13. The van der Waals surface area contributed by atoms with Gasteiger partial charge in [-0.05, 0) is 69.9 Å². The van der Waals surface area contributed by atoms with Crippen LogP contribution in [-0.4, -0.2) is 93.4 Å². The molecule has 2 aliphatic carbocycles. The summed E-state index contributed by atoms with van der Waals surface area (Å²) in [5.74, 6) is -1.64. The number of hydrogen-bond acceptors (Lipinski definition) is 11. The number of methoxy groups -OCH3 is 1. The molecule has 6 rings (SSSR count). The lowest BCUT2D eigenvalue weighted by Crippen LogP contribution is -2.59. The first-order valence-corrected chi connectivity index (χ1v) is 19.7. The highest BCUT2D eigenvalue weighted by Gasteiger charge is 2.61. The molecule has 0 unspecified atom stereocenters. The number of nitrogens with one attached hydrogen (secondary N) is 3. The van der Waals surface area contributed by atoms with Crippen LogP contribution in [0.15, 0.2) is 36.2 Å². The average Bonchev–Trinajstić information content (AvgIpc) is 3.53. The number of nitrogens with zero attached hydrogens (tertiary/aromatic N) is 3. The number of alkyl carbamates (subject to hydrolysis) is 1. The molecule has 15 heteroatoms. The number of pyridine rings is 1. The van der Waals surface area contributed by atoms with E-state index in [4.69, 9.17) is 24.2 Å². The third kappa shape index (κ3) is 8.51. The monoisotopic (exact) mass is 776 g/mol. The molecule has 0 radical (unpaired) electrons. The van der Waals surface area contributed by atoms with E-state index < -0.39 is 58.9 Å². The quantitative estimate of drug-likeness (QED) is 0.148.